The molecule has 1 aromatic heterocycles. The highest BCUT2D eigenvalue weighted by molar-refractivity contribution is 7.89. The van der Waals surface area contributed by atoms with Crippen molar-refractivity contribution in [2.45, 2.75) is 24.7 Å². The molecule has 2 rings (SSSR count). The van der Waals surface area contributed by atoms with Gasteiger partial charge in [0.1, 0.15) is 5.75 Å². The molecule has 0 amide bonds. The van der Waals surface area contributed by atoms with Crippen molar-refractivity contribution in [3.8, 4) is 5.75 Å². The summed E-state index contributed by atoms with van der Waals surface area (Å²) in [6.45, 7) is 2.39. The Hall–Kier alpha value is -1.92. The van der Waals surface area contributed by atoms with E-state index in [0.717, 1.165) is 11.1 Å². The third-order valence-electron chi connectivity index (χ3n) is 3.81. The molecule has 5 nitrogen and oxygen atoms in total. The fourth-order valence-electron chi connectivity index (χ4n) is 2.33. The topological polar surface area (TPSA) is 59.5 Å². The standard InChI is InChI=1S/C17H22N2O3S/c1-4-15-13-16(5-6-17(15)22-3)23(20,21)19(2)12-9-14-7-10-18-11-8-14/h5-8,10-11,13H,4,9,12H2,1-3H3. The number of aryl methyl sites for hydroxylation is 1. The van der Waals surface area contributed by atoms with Crippen LogP contribution in [0.15, 0.2) is 47.6 Å². The zero-order valence-electron chi connectivity index (χ0n) is 13.7. The van der Waals surface area contributed by atoms with Gasteiger partial charge in [0, 0.05) is 26.0 Å². The van der Waals surface area contributed by atoms with Gasteiger partial charge in [-0.3, -0.25) is 4.98 Å². The summed E-state index contributed by atoms with van der Waals surface area (Å²) in [6, 6.07) is 8.78. The van der Waals surface area contributed by atoms with Crippen LogP contribution < -0.4 is 4.74 Å². The minimum Gasteiger partial charge on any atom is -0.496 e. The Morgan fingerprint density at radius 3 is 2.48 bits per heavy atom. The summed E-state index contributed by atoms with van der Waals surface area (Å²) in [6.07, 6.45) is 4.78. The number of sulfonamides is 1. The number of hydrogen-bond acceptors (Lipinski definition) is 4. The molecule has 0 aliphatic carbocycles. The summed E-state index contributed by atoms with van der Waals surface area (Å²) in [7, 11) is -0.314. The zero-order chi connectivity index (χ0) is 16.9. The first kappa shape index (κ1) is 17.4. The number of methoxy groups -OCH3 is 1. The third-order valence-corrected chi connectivity index (χ3v) is 5.66. The Labute approximate surface area is 138 Å². The van der Waals surface area contributed by atoms with Crippen molar-refractivity contribution in [3.05, 3.63) is 53.9 Å². The average molecular weight is 334 g/mol. The summed E-state index contributed by atoms with van der Waals surface area (Å²) in [5, 5.41) is 0. The molecule has 0 aliphatic rings. The van der Waals surface area contributed by atoms with Crippen molar-refractivity contribution in [2.24, 2.45) is 0 Å². The van der Waals surface area contributed by atoms with Gasteiger partial charge >= 0.3 is 0 Å². The highest BCUT2D eigenvalue weighted by atomic mass is 32.2. The van der Waals surface area contributed by atoms with E-state index in [1.807, 2.05) is 19.1 Å². The van der Waals surface area contributed by atoms with Crippen LogP contribution >= 0.6 is 0 Å². The molecule has 0 fully saturated rings. The van der Waals surface area contributed by atoms with Gasteiger partial charge in [0.05, 0.1) is 12.0 Å². The number of likely N-dealkylation sites (N-methyl/N-ethyl adjacent to an activating group) is 1. The summed E-state index contributed by atoms with van der Waals surface area (Å²) < 4.78 is 32.0. The lowest BCUT2D eigenvalue weighted by molar-refractivity contribution is 0.409. The van der Waals surface area contributed by atoms with Crippen LogP contribution in [0.4, 0.5) is 0 Å². The molecule has 124 valence electrons. The second-order valence-corrected chi connectivity index (χ2v) is 7.30. The molecule has 0 saturated heterocycles. The molecule has 23 heavy (non-hydrogen) atoms. The van der Waals surface area contributed by atoms with Gasteiger partial charge in [-0.15, -0.1) is 0 Å². The predicted octanol–water partition coefficient (Wildman–Crippen LogP) is 2.52. The maximum Gasteiger partial charge on any atom is 0.242 e. The molecule has 0 N–H and O–H groups in total. The quantitative estimate of drug-likeness (QED) is 0.781. The lowest BCUT2D eigenvalue weighted by Crippen LogP contribution is -2.29. The Morgan fingerprint density at radius 2 is 1.87 bits per heavy atom. The summed E-state index contributed by atoms with van der Waals surface area (Å²) >= 11 is 0. The zero-order valence-corrected chi connectivity index (χ0v) is 14.5. The van der Waals surface area contributed by atoms with Gasteiger partial charge in [0.2, 0.25) is 10.0 Å². The Morgan fingerprint density at radius 1 is 1.17 bits per heavy atom. The lowest BCUT2D eigenvalue weighted by atomic mass is 10.1. The molecule has 0 spiro atoms. The Kier molecular flexibility index (Phi) is 5.74. The fraction of sp³-hybridized carbons (Fsp3) is 0.353. The van der Waals surface area contributed by atoms with E-state index in [0.29, 0.717) is 30.0 Å². The summed E-state index contributed by atoms with van der Waals surface area (Å²) in [5.41, 5.74) is 1.95. The minimum atomic E-state index is -3.50. The molecular weight excluding hydrogens is 312 g/mol. The van der Waals surface area contributed by atoms with Gasteiger partial charge in [0.15, 0.2) is 0 Å². The van der Waals surface area contributed by atoms with E-state index in [1.54, 1.807) is 44.8 Å². The van der Waals surface area contributed by atoms with Gasteiger partial charge in [-0.25, -0.2) is 12.7 Å². The van der Waals surface area contributed by atoms with E-state index in [4.69, 9.17) is 4.74 Å². The molecule has 1 aromatic carbocycles. The average Bonchev–Trinajstić information content (AvgIpc) is 2.59. The smallest absolute Gasteiger partial charge is 0.242 e. The number of rotatable bonds is 7. The monoisotopic (exact) mass is 334 g/mol. The van der Waals surface area contributed by atoms with Crippen LogP contribution in [0.1, 0.15) is 18.1 Å². The molecule has 0 bridgehead atoms. The second-order valence-electron chi connectivity index (χ2n) is 5.26. The fourth-order valence-corrected chi connectivity index (χ4v) is 3.55. The van der Waals surface area contributed by atoms with Gasteiger partial charge < -0.3 is 4.74 Å². The van der Waals surface area contributed by atoms with Crippen LogP contribution in [-0.2, 0) is 22.9 Å². The first-order chi connectivity index (χ1) is 11.0. The molecule has 0 saturated carbocycles. The van der Waals surface area contributed by atoms with E-state index in [-0.39, 0.29) is 0 Å². The third kappa shape index (κ3) is 4.09. The van der Waals surface area contributed by atoms with Crippen LogP contribution in [-0.4, -0.2) is 38.4 Å². The number of hydrogen-bond donors (Lipinski definition) is 0. The first-order valence-electron chi connectivity index (χ1n) is 7.51. The number of aromatic nitrogens is 1. The normalized spacial score (nSPS) is 11.7. The predicted molar refractivity (Wildman–Crippen MR) is 90.1 cm³/mol. The molecule has 1 heterocycles. The maximum atomic E-state index is 12.7. The van der Waals surface area contributed by atoms with E-state index in [2.05, 4.69) is 4.98 Å². The van der Waals surface area contributed by atoms with E-state index in [9.17, 15) is 8.42 Å². The first-order valence-corrected chi connectivity index (χ1v) is 8.95. The molecule has 0 unspecified atom stereocenters. The molecular formula is C17H22N2O3S. The lowest BCUT2D eigenvalue weighted by Gasteiger charge is -2.18. The maximum absolute atomic E-state index is 12.7. The number of benzene rings is 1. The van der Waals surface area contributed by atoms with E-state index < -0.39 is 10.0 Å². The van der Waals surface area contributed by atoms with Crippen molar-refractivity contribution in [2.75, 3.05) is 20.7 Å². The Bertz CT molecular complexity index is 746. The van der Waals surface area contributed by atoms with Gasteiger partial charge in [-0.05, 0) is 54.3 Å². The van der Waals surface area contributed by atoms with Gasteiger partial charge in [0.25, 0.3) is 0 Å². The van der Waals surface area contributed by atoms with E-state index in [1.165, 1.54) is 4.31 Å². The van der Waals surface area contributed by atoms with E-state index >= 15 is 0 Å². The van der Waals surface area contributed by atoms with Crippen molar-refractivity contribution >= 4 is 10.0 Å². The highest BCUT2D eigenvalue weighted by Gasteiger charge is 2.21. The number of pyridine rings is 1. The van der Waals surface area contributed by atoms with Gasteiger partial charge in [-0.1, -0.05) is 6.92 Å². The largest absolute Gasteiger partial charge is 0.496 e. The Balaban J connectivity index is 2.17. The number of ether oxygens (including phenoxy) is 1. The molecule has 0 radical (unpaired) electrons. The van der Waals surface area contributed by atoms with Crippen molar-refractivity contribution in [3.63, 3.8) is 0 Å². The molecule has 2 aromatic rings. The molecule has 0 atom stereocenters. The van der Waals surface area contributed by atoms with Crippen LogP contribution in [0.25, 0.3) is 0 Å². The van der Waals surface area contributed by atoms with Crippen LogP contribution in [0.2, 0.25) is 0 Å². The molecule has 0 aliphatic heterocycles. The second kappa shape index (κ2) is 7.57. The van der Waals surface area contributed by atoms with Crippen molar-refractivity contribution < 1.29 is 13.2 Å². The minimum absolute atomic E-state index is 0.298. The van der Waals surface area contributed by atoms with Crippen LogP contribution in [0.3, 0.4) is 0 Å². The van der Waals surface area contributed by atoms with Crippen molar-refractivity contribution in [1.82, 2.24) is 9.29 Å². The summed E-state index contributed by atoms with van der Waals surface area (Å²) in [5.74, 6) is 0.714. The number of nitrogens with zero attached hydrogens (tertiary/aromatic N) is 2. The SMILES string of the molecule is CCc1cc(S(=O)(=O)N(C)CCc2ccncc2)ccc1OC. The van der Waals surface area contributed by atoms with Crippen LogP contribution in [0, 0.1) is 0 Å². The van der Waals surface area contributed by atoms with Crippen LogP contribution in [0.5, 0.6) is 5.75 Å². The summed E-state index contributed by atoms with van der Waals surface area (Å²) in [4.78, 5) is 4.26. The van der Waals surface area contributed by atoms with Crippen molar-refractivity contribution in [1.29, 1.82) is 0 Å². The van der Waals surface area contributed by atoms with Gasteiger partial charge in [-0.2, -0.15) is 0 Å². The highest BCUT2D eigenvalue weighted by Crippen LogP contribution is 2.24. The molecule has 6 heteroatoms.